The summed E-state index contributed by atoms with van der Waals surface area (Å²) in [5.74, 6) is 0.346. The zero-order valence-electron chi connectivity index (χ0n) is 17.0. The molecule has 0 saturated heterocycles. The Kier molecular flexibility index (Phi) is 8.11. The number of carbonyl (C=O) groups is 2. The topological polar surface area (TPSA) is 70.2 Å². The monoisotopic (exact) mass is 393 g/mol. The average molecular weight is 394 g/mol. The van der Waals surface area contributed by atoms with Crippen molar-refractivity contribution in [3.8, 4) is 0 Å². The van der Waals surface area contributed by atoms with Gasteiger partial charge in [-0.3, -0.25) is 4.79 Å². The van der Waals surface area contributed by atoms with Gasteiger partial charge in [-0.25, -0.2) is 4.79 Å². The highest BCUT2D eigenvalue weighted by Gasteiger charge is 2.20. The number of nitrogens with one attached hydrogen (secondary N) is 3. The second-order valence-corrected chi connectivity index (χ2v) is 7.72. The van der Waals surface area contributed by atoms with E-state index in [-0.39, 0.29) is 17.9 Å². The van der Waals surface area contributed by atoms with Gasteiger partial charge >= 0.3 is 6.03 Å². The number of carbonyl (C=O) groups excluding carboxylic acids is 2. The molecule has 1 aliphatic rings. The van der Waals surface area contributed by atoms with Crippen LogP contribution in [0.2, 0.25) is 0 Å². The fourth-order valence-electron chi connectivity index (χ4n) is 3.76. The van der Waals surface area contributed by atoms with E-state index in [2.05, 4.69) is 28.1 Å². The molecular formula is C24H31N3O2. The summed E-state index contributed by atoms with van der Waals surface area (Å²) >= 11 is 0. The predicted molar refractivity (Wildman–Crippen MR) is 115 cm³/mol. The van der Waals surface area contributed by atoms with Crippen LogP contribution in [-0.2, 0) is 24.3 Å². The first-order chi connectivity index (χ1) is 14.2. The Bertz CT molecular complexity index is 786. The highest BCUT2D eigenvalue weighted by molar-refractivity contribution is 5.78. The first kappa shape index (κ1) is 20.9. The SMILES string of the molecule is O=C(NCCc1ccccc1)NCc1cccc(CNC(=O)C2CCCCC2)c1. The molecule has 1 aliphatic carbocycles. The zero-order chi connectivity index (χ0) is 20.3. The number of hydrogen-bond donors (Lipinski definition) is 3. The summed E-state index contributed by atoms with van der Waals surface area (Å²) in [7, 11) is 0. The quantitative estimate of drug-likeness (QED) is 0.636. The molecule has 2 aromatic rings. The predicted octanol–water partition coefficient (Wildman–Crippen LogP) is 3.93. The molecule has 29 heavy (non-hydrogen) atoms. The minimum atomic E-state index is -0.170. The van der Waals surface area contributed by atoms with Crippen molar-refractivity contribution in [2.45, 2.75) is 51.6 Å². The van der Waals surface area contributed by atoms with Crippen LogP contribution in [0, 0.1) is 5.92 Å². The van der Waals surface area contributed by atoms with E-state index >= 15 is 0 Å². The van der Waals surface area contributed by atoms with Crippen molar-refractivity contribution in [1.29, 1.82) is 0 Å². The van der Waals surface area contributed by atoms with E-state index in [1.807, 2.05) is 42.5 Å². The Morgan fingerprint density at radius 1 is 0.759 bits per heavy atom. The van der Waals surface area contributed by atoms with Gasteiger partial charge in [-0.05, 0) is 36.0 Å². The minimum Gasteiger partial charge on any atom is -0.352 e. The lowest BCUT2D eigenvalue weighted by Crippen LogP contribution is -2.36. The molecule has 0 heterocycles. The third-order valence-corrected chi connectivity index (χ3v) is 5.43. The molecular weight excluding hydrogens is 362 g/mol. The van der Waals surface area contributed by atoms with Crippen LogP contribution < -0.4 is 16.0 Å². The summed E-state index contributed by atoms with van der Waals surface area (Å²) in [5.41, 5.74) is 3.28. The molecule has 154 valence electrons. The number of rotatable bonds is 8. The lowest BCUT2D eigenvalue weighted by Gasteiger charge is -2.20. The highest BCUT2D eigenvalue weighted by atomic mass is 16.2. The summed E-state index contributed by atoms with van der Waals surface area (Å²) in [6.45, 7) is 1.59. The molecule has 2 aromatic carbocycles. The third-order valence-electron chi connectivity index (χ3n) is 5.43. The molecule has 0 bridgehead atoms. The minimum absolute atomic E-state index is 0.170. The van der Waals surface area contributed by atoms with Crippen LogP contribution in [-0.4, -0.2) is 18.5 Å². The molecule has 0 spiro atoms. The molecule has 5 nitrogen and oxygen atoms in total. The molecule has 0 atom stereocenters. The summed E-state index contributed by atoms with van der Waals surface area (Å²) < 4.78 is 0. The molecule has 3 N–H and O–H groups in total. The van der Waals surface area contributed by atoms with E-state index in [1.165, 1.54) is 12.0 Å². The van der Waals surface area contributed by atoms with Crippen LogP contribution in [0.15, 0.2) is 54.6 Å². The molecule has 0 radical (unpaired) electrons. The number of urea groups is 1. The molecule has 3 rings (SSSR count). The Hall–Kier alpha value is -2.82. The van der Waals surface area contributed by atoms with E-state index < -0.39 is 0 Å². The van der Waals surface area contributed by atoms with E-state index in [4.69, 9.17) is 0 Å². The standard InChI is InChI=1S/C24H31N3O2/c28-23(22-12-5-2-6-13-22)26-17-20-10-7-11-21(16-20)18-27-24(29)25-15-14-19-8-3-1-4-9-19/h1,3-4,7-11,16,22H,2,5-6,12-15,17-18H2,(H,26,28)(H2,25,27,29). The van der Waals surface area contributed by atoms with E-state index in [0.717, 1.165) is 43.2 Å². The van der Waals surface area contributed by atoms with Gasteiger partial charge < -0.3 is 16.0 Å². The Balaban J connectivity index is 1.37. The summed E-state index contributed by atoms with van der Waals surface area (Å²) in [4.78, 5) is 24.3. The van der Waals surface area contributed by atoms with Gasteiger partial charge in [0, 0.05) is 25.6 Å². The van der Waals surface area contributed by atoms with Gasteiger partial charge in [-0.15, -0.1) is 0 Å². The van der Waals surface area contributed by atoms with Gasteiger partial charge in [0.2, 0.25) is 5.91 Å². The molecule has 0 unspecified atom stereocenters. The molecule has 1 fully saturated rings. The van der Waals surface area contributed by atoms with Crippen molar-refractivity contribution in [3.63, 3.8) is 0 Å². The van der Waals surface area contributed by atoms with Crippen molar-refractivity contribution in [2.24, 2.45) is 5.92 Å². The van der Waals surface area contributed by atoms with Gasteiger partial charge in [0.1, 0.15) is 0 Å². The zero-order valence-corrected chi connectivity index (χ0v) is 17.0. The van der Waals surface area contributed by atoms with Gasteiger partial charge in [0.15, 0.2) is 0 Å². The number of benzene rings is 2. The third kappa shape index (κ3) is 7.26. The Morgan fingerprint density at radius 2 is 1.41 bits per heavy atom. The van der Waals surface area contributed by atoms with Crippen molar-refractivity contribution in [2.75, 3.05) is 6.54 Å². The molecule has 0 aromatic heterocycles. The summed E-state index contributed by atoms with van der Waals surface area (Å²) in [6.07, 6.45) is 6.40. The highest BCUT2D eigenvalue weighted by Crippen LogP contribution is 2.23. The summed E-state index contributed by atoms with van der Waals surface area (Å²) in [5, 5.41) is 8.84. The first-order valence-corrected chi connectivity index (χ1v) is 10.6. The van der Waals surface area contributed by atoms with Crippen molar-refractivity contribution < 1.29 is 9.59 Å². The normalized spacial score (nSPS) is 14.2. The van der Waals surface area contributed by atoms with Gasteiger partial charge in [-0.1, -0.05) is 73.9 Å². The molecule has 3 amide bonds. The van der Waals surface area contributed by atoms with E-state index in [0.29, 0.717) is 19.6 Å². The van der Waals surface area contributed by atoms with Crippen LogP contribution in [0.3, 0.4) is 0 Å². The second kappa shape index (κ2) is 11.2. The van der Waals surface area contributed by atoms with Crippen LogP contribution in [0.1, 0.15) is 48.8 Å². The van der Waals surface area contributed by atoms with Crippen LogP contribution >= 0.6 is 0 Å². The van der Waals surface area contributed by atoms with Crippen LogP contribution in [0.4, 0.5) is 4.79 Å². The molecule has 5 heteroatoms. The number of hydrogen-bond acceptors (Lipinski definition) is 2. The molecule has 1 saturated carbocycles. The lowest BCUT2D eigenvalue weighted by molar-refractivity contribution is -0.126. The second-order valence-electron chi connectivity index (χ2n) is 7.72. The van der Waals surface area contributed by atoms with Crippen molar-refractivity contribution in [1.82, 2.24) is 16.0 Å². The van der Waals surface area contributed by atoms with Gasteiger partial charge in [0.05, 0.1) is 0 Å². The number of amides is 3. The van der Waals surface area contributed by atoms with Crippen LogP contribution in [0.25, 0.3) is 0 Å². The lowest BCUT2D eigenvalue weighted by atomic mass is 9.88. The van der Waals surface area contributed by atoms with Crippen molar-refractivity contribution in [3.05, 3.63) is 71.3 Å². The van der Waals surface area contributed by atoms with E-state index in [1.54, 1.807) is 0 Å². The molecule has 0 aliphatic heterocycles. The Labute approximate surface area is 173 Å². The van der Waals surface area contributed by atoms with Gasteiger partial charge in [-0.2, -0.15) is 0 Å². The maximum absolute atomic E-state index is 12.3. The first-order valence-electron chi connectivity index (χ1n) is 10.6. The maximum atomic E-state index is 12.3. The maximum Gasteiger partial charge on any atom is 0.315 e. The Morgan fingerprint density at radius 3 is 2.14 bits per heavy atom. The van der Waals surface area contributed by atoms with Gasteiger partial charge in [0.25, 0.3) is 0 Å². The summed E-state index contributed by atoms with van der Waals surface area (Å²) in [6, 6.07) is 17.9. The smallest absolute Gasteiger partial charge is 0.315 e. The van der Waals surface area contributed by atoms with Crippen molar-refractivity contribution >= 4 is 11.9 Å². The fraction of sp³-hybridized carbons (Fsp3) is 0.417. The largest absolute Gasteiger partial charge is 0.352 e. The average Bonchev–Trinajstić information content (AvgIpc) is 2.78. The van der Waals surface area contributed by atoms with Crippen LogP contribution in [0.5, 0.6) is 0 Å². The van der Waals surface area contributed by atoms with E-state index in [9.17, 15) is 9.59 Å². The fourth-order valence-corrected chi connectivity index (χ4v) is 3.76.